The van der Waals surface area contributed by atoms with Crippen LogP contribution in [0.1, 0.15) is 32.1 Å². The normalized spacial score (nSPS) is 15.5. The zero-order valence-corrected chi connectivity index (χ0v) is 9.45. The maximum absolute atomic E-state index is 10.9. The number of carbonyl (C=O) groups excluding carboxylic acids is 1. The Morgan fingerprint density at radius 3 is 2.00 bits per heavy atom. The molecule has 0 aliphatic heterocycles. The smallest absolute Gasteiger partial charge is 0.308 e. The molecular weight excluding hydrogens is 182 g/mol. The molecule has 0 unspecified atom stereocenters. The number of aliphatic hydroxyl groups excluding tert-OH is 1. The fourth-order valence-corrected chi connectivity index (χ4v) is 1.50. The number of ether oxygens (including phenoxy) is 1. The molecule has 1 fully saturated rings. The lowest BCUT2D eigenvalue weighted by atomic mass is 9.89. The van der Waals surface area contributed by atoms with Crippen LogP contribution in [0.3, 0.4) is 0 Å². The van der Waals surface area contributed by atoms with Crippen LogP contribution in [0.4, 0.5) is 0 Å². The minimum absolute atomic E-state index is 0.0142. The number of carbonyl (C=O) groups is 1. The van der Waals surface area contributed by atoms with E-state index in [-0.39, 0.29) is 11.9 Å². The molecule has 0 atom stereocenters. The van der Waals surface area contributed by atoms with Crippen molar-refractivity contribution < 1.29 is 14.6 Å². The average Bonchev–Trinajstić information content (AvgIpc) is 2.34. The lowest BCUT2D eigenvalue weighted by molar-refractivity contribution is -0.146. The molecule has 0 aromatic heterocycles. The van der Waals surface area contributed by atoms with Crippen molar-refractivity contribution >= 4 is 5.97 Å². The third-order valence-corrected chi connectivity index (χ3v) is 2.14. The van der Waals surface area contributed by atoms with Crippen LogP contribution in [0.2, 0.25) is 0 Å². The number of hydrogen-bond donors (Lipinski definition) is 2. The summed E-state index contributed by atoms with van der Waals surface area (Å²) < 4.78 is 4.65. The lowest BCUT2D eigenvalue weighted by Crippen LogP contribution is -2.18. The largest absolute Gasteiger partial charge is 0.469 e. The Morgan fingerprint density at radius 2 is 1.64 bits per heavy atom. The molecule has 0 radical (unpaired) electrons. The molecule has 4 heteroatoms. The van der Waals surface area contributed by atoms with E-state index in [0.29, 0.717) is 0 Å². The highest BCUT2D eigenvalue weighted by Gasteiger charge is 2.20. The summed E-state index contributed by atoms with van der Waals surface area (Å²) in [5, 5.41) is 7.00. The molecule has 1 rings (SSSR count). The van der Waals surface area contributed by atoms with Gasteiger partial charge >= 0.3 is 5.97 Å². The summed E-state index contributed by atoms with van der Waals surface area (Å²) in [6, 6.07) is 0. The molecule has 1 aliphatic rings. The summed E-state index contributed by atoms with van der Waals surface area (Å²) in [6.07, 6.45) is 5.74. The van der Waals surface area contributed by atoms with Crippen LogP contribution < -0.4 is 5.73 Å². The van der Waals surface area contributed by atoms with Crippen LogP contribution in [0, 0.1) is 5.92 Å². The molecule has 14 heavy (non-hydrogen) atoms. The van der Waals surface area contributed by atoms with E-state index in [4.69, 9.17) is 5.11 Å². The predicted molar refractivity (Wildman–Crippen MR) is 56.8 cm³/mol. The minimum Gasteiger partial charge on any atom is -0.469 e. The summed E-state index contributed by atoms with van der Waals surface area (Å²) >= 11 is 0. The second-order valence-electron chi connectivity index (χ2n) is 2.86. The first kappa shape index (κ1) is 15.8. The van der Waals surface area contributed by atoms with Gasteiger partial charge in [0.05, 0.1) is 13.0 Å². The van der Waals surface area contributed by atoms with Gasteiger partial charge < -0.3 is 15.6 Å². The van der Waals surface area contributed by atoms with Crippen LogP contribution in [0.25, 0.3) is 0 Å². The van der Waals surface area contributed by atoms with Gasteiger partial charge in [-0.3, -0.25) is 4.79 Å². The van der Waals surface area contributed by atoms with Crippen LogP contribution in [0.5, 0.6) is 0 Å². The molecule has 0 aromatic rings. The highest BCUT2D eigenvalue weighted by molar-refractivity contribution is 5.72. The van der Waals surface area contributed by atoms with E-state index >= 15 is 0 Å². The fourth-order valence-electron chi connectivity index (χ4n) is 1.50. The first-order valence-corrected chi connectivity index (χ1v) is 4.95. The van der Waals surface area contributed by atoms with Crippen LogP contribution in [-0.2, 0) is 9.53 Å². The van der Waals surface area contributed by atoms with Crippen LogP contribution in [-0.4, -0.2) is 32.3 Å². The first-order valence-electron chi connectivity index (χ1n) is 4.95. The number of rotatable bonds is 1. The van der Waals surface area contributed by atoms with Gasteiger partial charge in [-0.15, -0.1) is 0 Å². The molecule has 3 N–H and O–H groups in total. The van der Waals surface area contributed by atoms with E-state index < -0.39 is 0 Å². The Labute approximate surface area is 86.4 Å². The van der Waals surface area contributed by atoms with Crippen molar-refractivity contribution in [2.24, 2.45) is 11.7 Å². The summed E-state index contributed by atoms with van der Waals surface area (Å²) in [5.74, 6) is 0.193. The predicted octanol–water partition coefficient (Wildman–Crippen LogP) is 0.923. The molecule has 0 amide bonds. The second-order valence-corrected chi connectivity index (χ2v) is 2.86. The zero-order chi connectivity index (χ0) is 11.4. The molecule has 86 valence electrons. The quantitative estimate of drug-likeness (QED) is 0.624. The van der Waals surface area contributed by atoms with Gasteiger partial charge in [0.2, 0.25) is 0 Å². The van der Waals surface area contributed by atoms with Gasteiger partial charge in [-0.1, -0.05) is 19.3 Å². The van der Waals surface area contributed by atoms with E-state index in [2.05, 4.69) is 10.5 Å². The Bertz CT molecular complexity index is 123. The number of hydrogen-bond acceptors (Lipinski definition) is 4. The van der Waals surface area contributed by atoms with Crippen LogP contribution >= 0.6 is 0 Å². The van der Waals surface area contributed by atoms with Crippen LogP contribution in [0.15, 0.2) is 0 Å². The van der Waals surface area contributed by atoms with E-state index in [1.165, 1.54) is 33.4 Å². The molecule has 0 spiro atoms. The molecular formula is C10H23NO3. The molecule has 1 aliphatic carbocycles. The van der Waals surface area contributed by atoms with E-state index in [0.717, 1.165) is 20.0 Å². The minimum atomic E-state index is -0.0142. The van der Waals surface area contributed by atoms with Gasteiger partial charge in [0, 0.05) is 7.11 Å². The van der Waals surface area contributed by atoms with Gasteiger partial charge in [-0.25, -0.2) is 0 Å². The number of aliphatic hydroxyl groups is 1. The second kappa shape index (κ2) is 12.4. The average molecular weight is 205 g/mol. The van der Waals surface area contributed by atoms with E-state index in [1.807, 2.05) is 0 Å². The number of methoxy groups -OCH3 is 1. The maximum Gasteiger partial charge on any atom is 0.308 e. The van der Waals surface area contributed by atoms with Crippen molar-refractivity contribution in [1.82, 2.24) is 0 Å². The summed E-state index contributed by atoms with van der Waals surface area (Å²) in [4.78, 5) is 10.9. The first-order chi connectivity index (χ1) is 6.84. The van der Waals surface area contributed by atoms with Crippen molar-refractivity contribution in [3.8, 4) is 0 Å². The highest BCUT2D eigenvalue weighted by atomic mass is 16.5. The van der Waals surface area contributed by atoms with Crippen molar-refractivity contribution in [3.63, 3.8) is 0 Å². The Hall–Kier alpha value is -0.610. The third-order valence-electron chi connectivity index (χ3n) is 2.14. The van der Waals surface area contributed by atoms with Gasteiger partial charge in [-0.2, -0.15) is 0 Å². The molecule has 0 saturated heterocycles. The molecule has 1 saturated carbocycles. The SMILES string of the molecule is CN.CO.COC(=O)C1CCCCC1. The van der Waals surface area contributed by atoms with Gasteiger partial charge in [0.1, 0.15) is 0 Å². The Balaban J connectivity index is 0. The Kier molecular flexibility index (Phi) is 14.0. The number of nitrogens with two attached hydrogens (primary N) is 1. The third kappa shape index (κ3) is 6.86. The monoisotopic (exact) mass is 205 g/mol. The lowest BCUT2D eigenvalue weighted by Gasteiger charge is -2.18. The summed E-state index contributed by atoms with van der Waals surface area (Å²) in [5.41, 5.74) is 4.50. The summed E-state index contributed by atoms with van der Waals surface area (Å²) in [6.45, 7) is 0. The van der Waals surface area contributed by atoms with Crippen molar-refractivity contribution in [2.45, 2.75) is 32.1 Å². The van der Waals surface area contributed by atoms with E-state index in [1.54, 1.807) is 0 Å². The fraction of sp³-hybridized carbons (Fsp3) is 0.900. The van der Waals surface area contributed by atoms with Gasteiger partial charge in [0.15, 0.2) is 0 Å². The topological polar surface area (TPSA) is 72.6 Å². The zero-order valence-electron chi connectivity index (χ0n) is 9.45. The molecule has 0 heterocycles. The maximum atomic E-state index is 10.9. The highest BCUT2D eigenvalue weighted by Crippen LogP contribution is 2.24. The van der Waals surface area contributed by atoms with Gasteiger partial charge in [-0.05, 0) is 19.9 Å². The van der Waals surface area contributed by atoms with Crippen molar-refractivity contribution in [3.05, 3.63) is 0 Å². The van der Waals surface area contributed by atoms with Crippen molar-refractivity contribution in [2.75, 3.05) is 21.3 Å². The molecule has 0 aromatic carbocycles. The van der Waals surface area contributed by atoms with Crippen molar-refractivity contribution in [1.29, 1.82) is 0 Å². The van der Waals surface area contributed by atoms with E-state index in [9.17, 15) is 4.79 Å². The summed E-state index contributed by atoms with van der Waals surface area (Å²) in [7, 11) is 3.97. The number of esters is 1. The molecule has 0 bridgehead atoms. The molecule has 4 nitrogen and oxygen atoms in total. The van der Waals surface area contributed by atoms with Gasteiger partial charge in [0.25, 0.3) is 0 Å². The standard InChI is InChI=1S/C8H14O2.CH5N.CH4O/c1-10-8(9)7-5-3-2-4-6-7;2*1-2/h7H,2-6H2,1H3;2H2,1H3;2H,1H3. The Morgan fingerprint density at radius 1 is 1.21 bits per heavy atom.